The van der Waals surface area contributed by atoms with Crippen molar-refractivity contribution in [2.75, 3.05) is 13.2 Å². The summed E-state index contributed by atoms with van der Waals surface area (Å²) in [5.41, 5.74) is -0.0701. The summed E-state index contributed by atoms with van der Waals surface area (Å²) in [7, 11) is 0. The maximum absolute atomic E-state index is 13.9. The predicted molar refractivity (Wildman–Crippen MR) is 226 cm³/mol. The number of aliphatic hydroxyl groups excluding tert-OH is 1. The zero-order valence-corrected chi connectivity index (χ0v) is 39.2. The van der Waals surface area contributed by atoms with E-state index in [0.717, 1.165) is 48.5 Å². The molecule has 382 valence electrons. The van der Waals surface area contributed by atoms with Crippen LogP contribution in [0.5, 0.6) is 0 Å². The van der Waals surface area contributed by atoms with Crippen LogP contribution in [-0.4, -0.2) is 164 Å². The molecule has 3 saturated heterocycles. The number of esters is 9. The van der Waals surface area contributed by atoms with Crippen LogP contribution in [0.25, 0.3) is 0 Å². The predicted octanol–water partition coefficient (Wildman–Crippen LogP) is 1.18. The van der Waals surface area contributed by atoms with Gasteiger partial charge in [0, 0.05) is 48.5 Å². The molecule has 0 unspecified atom stereocenters. The first kappa shape index (κ1) is 54.4. The van der Waals surface area contributed by atoms with Gasteiger partial charge in [0.2, 0.25) is 0 Å². The van der Waals surface area contributed by atoms with Crippen LogP contribution in [0.15, 0.2) is 60.7 Å². The van der Waals surface area contributed by atoms with E-state index in [0.29, 0.717) is 0 Å². The highest BCUT2D eigenvalue weighted by Crippen LogP contribution is 2.38. The molecule has 0 aliphatic carbocycles. The minimum atomic E-state index is -2.18. The molecule has 24 nitrogen and oxygen atoms in total. The summed E-state index contributed by atoms with van der Waals surface area (Å²) in [6.45, 7) is 7.14. The van der Waals surface area contributed by atoms with E-state index in [9.17, 15) is 48.3 Å². The molecule has 0 saturated carbocycles. The summed E-state index contributed by atoms with van der Waals surface area (Å²) in [5, 5.41) is 11.7. The smallest absolute Gasteiger partial charge is 0.338 e. The summed E-state index contributed by atoms with van der Waals surface area (Å²) in [6, 6.07) is 14.8. The fraction of sp³-hybridized carbons (Fsp3) is 0.543. The van der Waals surface area contributed by atoms with Crippen LogP contribution in [-0.2, 0) is 99.9 Å². The largest absolute Gasteiger partial charge is 0.463 e. The molecule has 0 amide bonds. The highest BCUT2D eigenvalue weighted by atomic mass is 16.8. The van der Waals surface area contributed by atoms with Crippen LogP contribution in [0, 0.1) is 0 Å². The molecule has 3 aliphatic rings. The maximum atomic E-state index is 13.9. The number of hydrogen-bond acceptors (Lipinski definition) is 24. The number of carbonyl (C=O) groups excluding carboxylic acids is 9. The van der Waals surface area contributed by atoms with E-state index in [2.05, 4.69) is 0 Å². The van der Waals surface area contributed by atoms with Crippen molar-refractivity contribution < 1.29 is 115 Å². The molecule has 3 heterocycles. The third-order valence-corrected chi connectivity index (χ3v) is 10.4. The summed E-state index contributed by atoms with van der Waals surface area (Å²) >= 11 is 0. The maximum Gasteiger partial charge on any atom is 0.338 e. The van der Waals surface area contributed by atoms with Crippen LogP contribution in [0.4, 0.5) is 0 Å². The number of aliphatic hydroxyl groups is 1. The Morgan fingerprint density at radius 1 is 0.414 bits per heavy atom. The van der Waals surface area contributed by atoms with E-state index in [1.807, 2.05) is 0 Å². The van der Waals surface area contributed by atoms with Crippen LogP contribution in [0.2, 0.25) is 0 Å². The first-order valence-electron chi connectivity index (χ1n) is 21.7. The van der Waals surface area contributed by atoms with Gasteiger partial charge in [-0.1, -0.05) is 36.4 Å². The monoisotopic (exact) mass is 990 g/mol. The van der Waals surface area contributed by atoms with E-state index in [1.165, 1.54) is 55.5 Å². The van der Waals surface area contributed by atoms with Crippen molar-refractivity contribution in [3.05, 3.63) is 71.8 Å². The van der Waals surface area contributed by atoms with Gasteiger partial charge in [0.15, 0.2) is 61.6 Å². The zero-order valence-electron chi connectivity index (χ0n) is 39.2. The van der Waals surface area contributed by atoms with Crippen molar-refractivity contribution in [1.29, 1.82) is 0 Å². The topological polar surface area (TPSA) is 303 Å². The van der Waals surface area contributed by atoms with Crippen LogP contribution in [0.3, 0.4) is 0 Å². The summed E-state index contributed by atoms with van der Waals surface area (Å²) in [6.07, 6.45) is -26.9. The lowest BCUT2D eigenvalue weighted by molar-refractivity contribution is -0.381. The van der Waals surface area contributed by atoms with Crippen molar-refractivity contribution in [2.45, 2.75) is 148 Å². The quantitative estimate of drug-likeness (QED) is 0.172. The van der Waals surface area contributed by atoms with Crippen molar-refractivity contribution in [3.63, 3.8) is 0 Å². The molecule has 0 bridgehead atoms. The Bertz CT molecular complexity index is 2180. The Labute approximate surface area is 400 Å². The van der Waals surface area contributed by atoms with E-state index in [4.69, 9.17) is 66.3 Å². The van der Waals surface area contributed by atoms with Gasteiger partial charge in [-0.15, -0.1) is 0 Å². The molecule has 5 rings (SSSR count). The Kier molecular flexibility index (Phi) is 19.3. The molecule has 0 aromatic heterocycles. The second-order valence-corrected chi connectivity index (χ2v) is 16.0. The number of ether oxygens (including phenoxy) is 14. The van der Waals surface area contributed by atoms with E-state index in [1.54, 1.807) is 12.1 Å². The van der Waals surface area contributed by atoms with Gasteiger partial charge in [-0.2, -0.15) is 0 Å². The average Bonchev–Trinajstić information content (AvgIpc) is 3.28. The Morgan fingerprint density at radius 3 is 1.26 bits per heavy atom. The molecule has 2 aromatic carbocycles. The molecule has 70 heavy (non-hydrogen) atoms. The van der Waals surface area contributed by atoms with Gasteiger partial charge in [-0.25, -0.2) is 9.59 Å². The normalized spacial score (nSPS) is 30.5. The van der Waals surface area contributed by atoms with Gasteiger partial charge >= 0.3 is 53.7 Å². The van der Waals surface area contributed by atoms with Crippen LogP contribution in [0.1, 0.15) is 76.1 Å². The summed E-state index contributed by atoms with van der Waals surface area (Å²) in [4.78, 5) is 115. The van der Waals surface area contributed by atoms with Crippen molar-refractivity contribution in [3.8, 4) is 0 Å². The fourth-order valence-electron chi connectivity index (χ4n) is 7.70. The SMILES string of the molecule is CC(=O)OC[C@H]1O[C@@H](O[C@H]2[C@H](O[C@@H]3O[C@@H](C)[C@@H](OC(C)=O)[C@@H](OC(C)=O)[C@@H]3OC(C)=O)[C@@H](OC(=O)c3ccccc3)[C@@H](O)O[C@@H]2COC(C)=O)[C@@H](OC(=O)c2ccccc2)[C@@H](OC(C)=O)[C@@H]1OC(C)=O. The molecule has 15 atom stereocenters. The van der Waals surface area contributed by atoms with Gasteiger partial charge in [0.05, 0.1) is 17.2 Å². The number of benzene rings is 2. The molecular formula is C46H54O24. The van der Waals surface area contributed by atoms with Gasteiger partial charge in [-0.3, -0.25) is 33.6 Å². The number of carbonyl (C=O) groups is 9. The fourth-order valence-corrected chi connectivity index (χ4v) is 7.70. The molecule has 0 spiro atoms. The molecule has 24 heteroatoms. The Balaban J connectivity index is 1.72. The summed E-state index contributed by atoms with van der Waals surface area (Å²) < 4.78 is 81.7. The lowest BCUT2D eigenvalue weighted by Gasteiger charge is -2.50. The van der Waals surface area contributed by atoms with Gasteiger partial charge in [0.25, 0.3) is 0 Å². The summed E-state index contributed by atoms with van der Waals surface area (Å²) in [5.74, 6) is -8.49. The Hall–Kier alpha value is -6.57. The minimum Gasteiger partial charge on any atom is -0.463 e. The minimum absolute atomic E-state index is 0.0330. The third-order valence-electron chi connectivity index (χ3n) is 10.4. The van der Waals surface area contributed by atoms with Gasteiger partial charge in [-0.05, 0) is 31.2 Å². The van der Waals surface area contributed by atoms with E-state index >= 15 is 0 Å². The van der Waals surface area contributed by atoms with Crippen LogP contribution < -0.4 is 0 Å². The van der Waals surface area contributed by atoms with Crippen molar-refractivity contribution >= 4 is 53.7 Å². The van der Waals surface area contributed by atoms with Crippen molar-refractivity contribution in [2.24, 2.45) is 0 Å². The van der Waals surface area contributed by atoms with Gasteiger partial charge in [0.1, 0.15) is 37.6 Å². The third kappa shape index (κ3) is 14.7. The average molecular weight is 991 g/mol. The van der Waals surface area contributed by atoms with E-state index < -0.39 is 159 Å². The molecule has 3 fully saturated rings. The number of rotatable bonds is 17. The zero-order chi connectivity index (χ0) is 51.4. The standard InChI is InChI=1S/C46H54O24/c1-21-33(60-24(4)49)36(62-26(6)51)40(64-28(8)53)45(59-21)70-37-35(31(19-57-22(2)47)65-44(56)39(37)67-42(54)29-15-11-9-12-16-29)69-46-41(68-43(55)30-17-13-10-14-18-30)38(63-27(7)52)34(61-25(5)50)32(66-46)20-58-23(3)48/h9-18,21,31-41,44-46,56H,19-20H2,1-8H3/t21-,31+,32+,33+,34+,35+,36+,37-,38-,39+,40-,41-,44-,45-,46-/m0/s1. The van der Waals surface area contributed by atoms with Crippen molar-refractivity contribution in [1.82, 2.24) is 0 Å². The first-order chi connectivity index (χ1) is 33.1. The highest BCUT2D eigenvalue weighted by Gasteiger charge is 2.59. The lowest BCUT2D eigenvalue weighted by Crippen LogP contribution is -2.68. The molecule has 0 radical (unpaired) electrons. The molecular weight excluding hydrogens is 936 g/mol. The second-order valence-electron chi connectivity index (χ2n) is 16.0. The highest BCUT2D eigenvalue weighted by molar-refractivity contribution is 5.90. The molecule has 2 aromatic rings. The molecule has 1 N–H and O–H groups in total. The van der Waals surface area contributed by atoms with Gasteiger partial charge < -0.3 is 71.4 Å². The lowest BCUT2D eigenvalue weighted by atomic mass is 9.95. The second kappa shape index (κ2) is 24.8. The molecule has 3 aliphatic heterocycles. The first-order valence-corrected chi connectivity index (χ1v) is 21.7. The van der Waals surface area contributed by atoms with E-state index in [-0.39, 0.29) is 11.1 Å². The number of hydrogen-bond donors (Lipinski definition) is 1. The Morgan fingerprint density at radius 2 is 0.786 bits per heavy atom. The van der Waals surface area contributed by atoms with Crippen LogP contribution >= 0.6 is 0 Å².